The summed E-state index contributed by atoms with van der Waals surface area (Å²) in [5.41, 5.74) is 0. The fraction of sp³-hybridized carbons (Fsp3) is 0.818. The van der Waals surface area contributed by atoms with Crippen LogP contribution in [0.15, 0.2) is 0 Å². The molecule has 81 valence electrons. The summed E-state index contributed by atoms with van der Waals surface area (Å²) < 4.78 is 0. The summed E-state index contributed by atoms with van der Waals surface area (Å²) in [5.74, 6) is -0.00606. The summed E-state index contributed by atoms with van der Waals surface area (Å²) in [4.78, 5) is 15.4. The Morgan fingerprint density at radius 2 is 2.21 bits per heavy atom. The second-order valence-corrected chi connectivity index (χ2v) is 4.33. The van der Waals surface area contributed by atoms with E-state index in [0.717, 1.165) is 32.4 Å². The number of rotatable bonds is 3. The number of hydrogen-bond acceptors (Lipinski definition) is 2. The Morgan fingerprint density at radius 1 is 1.50 bits per heavy atom. The van der Waals surface area contributed by atoms with Gasteiger partial charge in [-0.2, -0.15) is 0 Å². The van der Waals surface area contributed by atoms with Gasteiger partial charge in [0.15, 0.2) is 0 Å². The Labute approximate surface area is 87.1 Å². The second-order valence-electron chi connectivity index (χ2n) is 4.33. The number of likely N-dealkylation sites (tertiary alicyclic amines) is 1. The Kier molecular flexibility index (Phi) is 4.39. The van der Waals surface area contributed by atoms with E-state index in [1.807, 2.05) is 4.90 Å². The summed E-state index contributed by atoms with van der Waals surface area (Å²) in [6, 6.07) is 0.427. The van der Waals surface area contributed by atoms with E-state index >= 15 is 0 Å². The molecule has 1 heterocycles. The van der Waals surface area contributed by atoms with Crippen LogP contribution in [0.3, 0.4) is 0 Å². The minimum Gasteiger partial charge on any atom is -0.340 e. The first kappa shape index (κ1) is 11.5. The molecule has 1 saturated heterocycles. The highest BCUT2D eigenvalue weighted by atomic mass is 16.2. The molecule has 1 amide bonds. The largest absolute Gasteiger partial charge is 0.340 e. The zero-order valence-electron chi connectivity index (χ0n) is 9.33. The van der Waals surface area contributed by atoms with Gasteiger partial charge in [0.2, 0.25) is 5.91 Å². The van der Waals surface area contributed by atoms with Crippen molar-refractivity contribution < 1.29 is 4.79 Å². The highest BCUT2D eigenvalue weighted by Gasteiger charge is 2.23. The van der Waals surface area contributed by atoms with Crippen LogP contribution in [0.4, 0.5) is 0 Å². The van der Waals surface area contributed by atoms with Crippen LogP contribution in [-0.2, 0) is 4.79 Å². The van der Waals surface area contributed by atoms with Crippen LogP contribution in [0.25, 0.3) is 0 Å². The van der Waals surface area contributed by atoms with Crippen molar-refractivity contribution in [2.45, 2.75) is 31.7 Å². The summed E-state index contributed by atoms with van der Waals surface area (Å²) >= 11 is 0. The Hall–Kier alpha value is -0.570. The highest BCUT2D eigenvalue weighted by Crippen LogP contribution is 2.19. The lowest BCUT2D eigenvalue weighted by Crippen LogP contribution is -2.43. The van der Waals surface area contributed by atoms with Gasteiger partial charge in [0.1, 0.15) is 0 Å². The molecule has 3 nitrogen and oxygen atoms in total. The number of carbonyl (C=O) groups is 1. The zero-order valence-corrected chi connectivity index (χ0v) is 9.33. The molecule has 1 rings (SSSR count). The van der Waals surface area contributed by atoms with Gasteiger partial charge >= 0.3 is 0 Å². The molecule has 1 radical (unpaired) electrons. The molecule has 0 aliphatic carbocycles. The first-order valence-corrected chi connectivity index (χ1v) is 5.38. The van der Waals surface area contributed by atoms with Gasteiger partial charge in [-0.3, -0.25) is 4.79 Å². The van der Waals surface area contributed by atoms with E-state index in [1.165, 1.54) is 6.42 Å². The van der Waals surface area contributed by atoms with Gasteiger partial charge in [0.25, 0.3) is 0 Å². The third-order valence-corrected chi connectivity index (χ3v) is 2.86. The maximum absolute atomic E-state index is 11.3. The van der Waals surface area contributed by atoms with Crippen LogP contribution in [0.2, 0.25) is 0 Å². The van der Waals surface area contributed by atoms with Crippen molar-refractivity contribution >= 4 is 5.91 Å². The molecule has 1 fully saturated rings. The smallest absolute Gasteiger partial charge is 0.223 e. The van der Waals surface area contributed by atoms with Gasteiger partial charge in [-0.1, -0.05) is 0 Å². The van der Waals surface area contributed by atoms with Crippen LogP contribution >= 0.6 is 0 Å². The average molecular weight is 197 g/mol. The van der Waals surface area contributed by atoms with E-state index < -0.39 is 0 Å². The molecule has 1 atom stereocenters. The number of carbonyl (C=O) groups excluding carboxylic acids is 1. The molecule has 0 N–H and O–H groups in total. The van der Waals surface area contributed by atoms with Gasteiger partial charge in [0.05, 0.1) is 0 Å². The lowest BCUT2D eigenvalue weighted by Gasteiger charge is -2.35. The maximum atomic E-state index is 11.3. The third kappa shape index (κ3) is 3.29. The van der Waals surface area contributed by atoms with Crippen molar-refractivity contribution in [3.05, 3.63) is 6.92 Å². The van der Waals surface area contributed by atoms with E-state index in [9.17, 15) is 4.79 Å². The Balaban J connectivity index is 2.42. The molecule has 0 aromatic carbocycles. The van der Waals surface area contributed by atoms with Crippen molar-refractivity contribution in [2.24, 2.45) is 0 Å². The minimum absolute atomic E-state index is 0.00606. The summed E-state index contributed by atoms with van der Waals surface area (Å²) in [5, 5.41) is 0. The van der Waals surface area contributed by atoms with Gasteiger partial charge in [-0.15, -0.1) is 0 Å². The standard InChI is InChI=1S/C11H21N2O/c1-10(14)13-8-5-4-6-11(13)7-9-12(2)3/h11H,1,4-9H2,2-3H3. The minimum atomic E-state index is -0.00606. The summed E-state index contributed by atoms with van der Waals surface area (Å²) in [6.07, 6.45) is 4.62. The average Bonchev–Trinajstić information content (AvgIpc) is 2.15. The van der Waals surface area contributed by atoms with Gasteiger partial charge in [-0.05, 0) is 46.3 Å². The molecule has 0 saturated carbocycles. The van der Waals surface area contributed by atoms with Crippen LogP contribution in [0.5, 0.6) is 0 Å². The van der Waals surface area contributed by atoms with Crippen molar-refractivity contribution in [3.8, 4) is 0 Å². The molecule has 1 aliphatic rings. The van der Waals surface area contributed by atoms with E-state index in [1.54, 1.807) is 0 Å². The monoisotopic (exact) mass is 197 g/mol. The quantitative estimate of drug-likeness (QED) is 0.677. The number of piperidine rings is 1. The Morgan fingerprint density at radius 3 is 2.79 bits per heavy atom. The molecular weight excluding hydrogens is 176 g/mol. The van der Waals surface area contributed by atoms with Gasteiger partial charge < -0.3 is 9.80 Å². The van der Waals surface area contributed by atoms with Crippen molar-refractivity contribution in [1.29, 1.82) is 0 Å². The predicted octanol–water partition coefficient (Wildman–Crippen LogP) is 1.15. The van der Waals surface area contributed by atoms with Crippen molar-refractivity contribution in [1.82, 2.24) is 9.80 Å². The van der Waals surface area contributed by atoms with Crippen LogP contribution in [0.1, 0.15) is 25.7 Å². The van der Waals surface area contributed by atoms with Crippen molar-refractivity contribution in [2.75, 3.05) is 27.2 Å². The molecule has 1 unspecified atom stereocenters. The molecule has 0 aromatic rings. The summed E-state index contributed by atoms with van der Waals surface area (Å²) in [6.45, 7) is 5.47. The molecule has 0 bridgehead atoms. The molecule has 0 spiro atoms. The molecule has 0 aromatic heterocycles. The first-order valence-electron chi connectivity index (χ1n) is 5.38. The van der Waals surface area contributed by atoms with Crippen LogP contribution < -0.4 is 0 Å². The molecule has 14 heavy (non-hydrogen) atoms. The maximum Gasteiger partial charge on any atom is 0.223 e. The summed E-state index contributed by atoms with van der Waals surface area (Å²) in [7, 11) is 4.14. The van der Waals surface area contributed by atoms with Crippen LogP contribution in [0, 0.1) is 6.92 Å². The van der Waals surface area contributed by atoms with Crippen LogP contribution in [-0.4, -0.2) is 48.9 Å². The topological polar surface area (TPSA) is 23.6 Å². The second kappa shape index (κ2) is 5.35. The number of hydrogen-bond donors (Lipinski definition) is 0. The predicted molar refractivity (Wildman–Crippen MR) is 57.9 cm³/mol. The fourth-order valence-corrected chi connectivity index (χ4v) is 2.04. The third-order valence-electron chi connectivity index (χ3n) is 2.86. The number of amides is 1. The number of nitrogens with zero attached hydrogens (tertiary/aromatic N) is 2. The van der Waals surface area contributed by atoms with E-state index in [-0.39, 0.29) is 5.91 Å². The molecule has 1 aliphatic heterocycles. The van der Waals surface area contributed by atoms with E-state index in [4.69, 9.17) is 0 Å². The Bertz CT molecular complexity index is 192. The molecular formula is C11H21N2O. The fourth-order valence-electron chi connectivity index (χ4n) is 2.04. The van der Waals surface area contributed by atoms with E-state index in [0.29, 0.717) is 6.04 Å². The first-order chi connectivity index (χ1) is 6.61. The normalized spacial score (nSPS) is 22.9. The lowest BCUT2D eigenvalue weighted by molar-refractivity contribution is -0.130. The highest BCUT2D eigenvalue weighted by molar-refractivity contribution is 5.80. The lowest BCUT2D eigenvalue weighted by atomic mass is 9.99. The van der Waals surface area contributed by atoms with Gasteiger partial charge in [0, 0.05) is 19.5 Å². The van der Waals surface area contributed by atoms with Gasteiger partial charge in [-0.25, -0.2) is 0 Å². The van der Waals surface area contributed by atoms with Crippen molar-refractivity contribution in [3.63, 3.8) is 0 Å². The zero-order chi connectivity index (χ0) is 10.6. The van der Waals surface area contributed by atoms with E-state index in [2.05, 4.69) is 25.9 Å². The SMILES string of the molecule is [CH2]C(=O)N1CCCCC1CCN(C)C. The molecule has 3 heteroatoms.